The summed E-state index contributed by atoms with van der Waals surface area (Å²) in [4.78, 5) is 25.2. The highest BCUT2D eigenvalue weighted by atomic mass is 16.5. The van der Waals surface area contributed by atoms with Crippen LogP contribution in [0.5, 0.6) is 5.75 Å². The lowest BCUT2D eigenvalue weighted by atomic mass is 9.95. The van der Waals surface area contributed by atoms with Gasteiger partial charge in [-0.25, -0.2) is 0 Å². The molecule has 2 atom stereocenters. The highest BCUT2D eigenvalue weighted by molar-refractivity contribution is 5.85. The number of nitrogens with zero attached hydrogens (tertiary/aromatic N) is 1. The normalized spacial score (nSPS) is 21.0. The first-order chi connectivity index (χ1) is 10.0. The van der Waals surface area contributed by atoms with E-state index in [0.29, 0.717) is 19.4 Å². The molecule has 0 radical (unpaired) electrons. The second kappa shape index (κ2) is 6.61. The van der Waals surface area contributed by atoms with Gasteiger partial charge in [0, 0.05) is 13.6 Å². The fourth-order valence-corrected chi connectivity index (χ4v) is 2.92. The first-order valence-electron chi connectivity index (χ1n) is 7.13. The van der Waals surface area contributed by atoms with Crippen molar-refractivity contribution < 1.29 is 19.4 Å². The first-order valence-corrected chi connectivity index (χ1v) is 7.13. The van der Waals surface area contributed by atoms with Gasteiger partial charge in [0.15, 0.2) is 0 Å². The van der Waals surface area contributed by atoms with Crippen LogP contribution >= 0.6 is 0 Å². The number of hydrogen-bond donors (Lipinski definition) is 1. The maximum Gasteiger partial charge on any atom is 0.307 e. The smallest absolute Gasteiger partial charge is 0.307 e. The Morgan fingerprint density at radius 3 is 2.43 bits per heavy atom. The SMILES string of the molecule is COc1ccc(CN(C)C(=O)C2CCCC2C(=O)O)cc1. The molecule has 2 rings (SSSR count). The second-order valence-electron chi connectivity index (χ2n) is 5.52. The Bertz CT molecular complexity index is 512. The topological polar surface area (TPSA) is 66.8 Å². The zero-order valence-electron chi connectivity index (χ0n) is 12.4. The van der Waals surface area contributed by atoms with Gasteiger partial charge in [0.1, 0.15) is 5.75 Å². The van der Waals surface area contributed by atoms with E-state index in [-0.39, 0.29) is 11.8 Å². The van der Waals surface area contributed by atoms with E-state index in [1.165, 1.54) is 0 Å². The lowest BCUT2D eigenvalue weighted by Gasteiger charge is -2.23. The molecule has 1 N–H and O–H groups in total. The van der Waals surface area contributed by atoms with E-state index in [1.807, 2.05) is 24.3 Å². The van der Waals surface area contributed by atoms with Crippen LogP contribution in [0.3, 0.4) is 0 Å². The molecule has 0 aliphatic heterocycles. The van der Waals surface area contributed by atoms with Crippen molar-refractivity contribution >= 4 is 11.9 Å². The average Bonchev–Trinajstić information content (AvgIpc) is 2.96. The Labute approximate surface area is 124 Å². The van der Waals surface area contributed by atoms with Crippen LogP contribution in [-0.2, 0) is 16.1 Å². The third-order valence-corrected chi connectivity index (χ3v) is 4.11. The Morgan fingerprint density at radius 2 is 1.86 bits per heavy atom. The van der Waals surface area contributed by atoms with Gasteiger partial charge in [-0.1, -0.05) is 18.6 Å². The summed E-state index contributed by atoms with van der Waals surface area (Å²) in [5, 5.41) is 9.18. The van der Waals surface area contributed by atoms with Crippen molar-refractivity contribution in [2.45, 2.75) is 25.8 Å². The molecular weight excluding hydrogens is 270 g/mol. The summed E-state index contributed by atoms with van der Waals surface area (Å²) in [5.41, 5.74) is 0.997. The van der Waals surface area contributed by atoms with Crippen LogP contribution in [-0.4, -0.2) is 36.0 Å². The van der Waals surface area contributed by atoms with Crippen molar-refractivity contribution in [2.75, 3.05) is 14.2 Å². The standard InChI is InChI=1S/C16H21NO4/c1-17(10-11-6-8-12(21-2)9-7-11)15(18)13-4-3-5-14(13)16(19)20/h6-9,13-14H,3-5,10H2,1-2H3,(H,19,20). The van der Waals surface area contributed by atoms with Crippen molar-refractivity contribution in [3.05, 3.63) is 29.8 Å². The molecule has 21 heavy (non-hydrogen) atoms. The molecule has 0 saturated heterocycles. The summed E-state index contributed by atoms with van der Waals surface area (Å²) in [6, 6.07) is 7.52. The minimum Gasteiger partial charge on any atom is -0.497 e. The largest absolute Gasteiger partial charge is 0.497 e. The maximum atomic E-state index is 12.4. The Morgan fingerprint density at radius 1 is 1.24 bits per heavy atom. The van der Waals surface area contributed by atoms with Gasteiger partial charge in [-0.2, -0.15) is 0 Å². The number of benzene rings is 1. The van der Waals surface area contributed by atoms with Gasteiger partial charge in [0.05, 0.1) is 18.9 Å². The van der Waals surface area contributed by atoms with Gasteiger partial charge >= 0.3 is 5.97 Å². The number of carboxylic acids is 1. The van der Waals surface area contributed by atoms with E-state index in [4.69, 9.17) is 4.74 Å². The summed E-state index contributed by atoms with van der Waals surface area (Å²) in [7, 11) is 3.33. The molecule has 1 amide bonds. The van der Waals surface area contributed by atoms with Crippen molar-refractivity contribution in [2.24, 2.45) is 11.8 Å². The van der Waals surface area contributed by atoms with E-state index >= 15 is 0 Å². The van der Waals surface area contributed by atoms with Gasteiger partial charge in [-0.3, -0.25) is 9.59 Å². The van der Waals surface area contributed by atoms with Crippen molar-refractivity contribution in [3.8, 4) is 5.75 Å². The molecule has 2 unspecified atom stereocenters. The number of ether oxygens (including phenoxy) is 1. The van der Waals surface area contributed by atoms with Gasteiger partial charge in [-0.15, -0.1) is 0 Å². The molecule has 1 aromatic rings. The summed E-state index contributed by atoms with van der Waals surface area (Å²) >= 11 is 0. The number of rotatable bonds is 5. The molecule has 5 heteroatoms. The van der Waals surface area contributed by atoms with E-state index < -0.39 is 11.9 Å². The van der Waals surface area contributed by atoms with Gasteiger partial charge < -0.3 is 14.7 Å². The zero-order chi connectivity index (χ0) is 15.4. The van der Waals surface area contributed by atoms with Crippen molar-refractivity contribution in [3.63, 3.8) is 0 Å². The Kier molecular flexibility index (Phi) is 4.83. The molecule has 5 nitrogen and oxygen atoms in total. The van der Waals surface area contributed by atoms with Gasteiger partial charge in [-0.05, 0) is 30.5 Å². The van der Waals surface area contributed by atoms with Gasteiger partial charge in [0.2, 0.25) is 5.91 Å². The number of methoxy groups -OCH3 is 1. The third kappa shape index (κ3) is 3.54. The molecule has 0 heterocycles. The van der Waals surface area contributed by atoms with Crippen molar-refractivity contribution in [1.82, 2.24) is 4.90 Å². The van der Waals surface area contributed by atoms with Crippen LogP contribution in [0, 0.1) is 11.8 Å². The number of amides is 1. The number of carboxylic acid groups (broad SMARTS) is 1. The monoisotopic (exact) mass is 291 g/mol. The highest BCUT2D eigenvalue weighted by Crippen LogP contribution is 2.33. The molecule has 0 aromatic heterocycles. The molecule has 114 valence electrons. The molecule has 1 fully saturated rings. The van der Waals surface area contributed by atoms with Crippen LogP contribution in [0.4, 0.5) is 0 Å². The highest BCUT2D eigenvalue weighted by Gasteiger charge is 2.38. The maximum absolute atomic E-state index is 12.4. The zero-order valence-corrected chi connectivity index (χ0v) is 12.4. The molecule has 1 aromatic carbocycles. The predicted octanol–water partition coefficient (Wildman–Crippen LogP) is 2.15. The number of aliphatic carboxylic acids is 1. The summed E-state index contributed by atoms with van der Waals surface area (Å²) in [6.07, 6.45) is 2.08. The quantitative estimate of drug-likeness (QED) is 0.902. The molecular formula is C16H21NO4. The predicted molar refractivity (Wildman–Crippen MR) is 77.9 cm³/mol. The first kappa shape index (κ1) is 15.4. The van der Waals surface area contributed by atoms with E-state index in [0.717, 1.165) is 17.7 Å². The van der Waals surface area contributed by atoms with Crippen LogP contribution in [0.2, 0.25) is 0 Å². The number of carbonyl (C=O) groups excluding carboxylic acids is 1. The summed E-state index contributed by atoms with van der Waals surface area (Å²) < 4.78 is 5.10. The average molecular weight is 291 g/mol. The van der Waals surface area contributed by atoms with Crippen LogP contribution < -0.4 is 4.74 Å². The molecule has 1 saturated carbocycles. The Hall–Kier alpha value is -2.04. The molecule has 1 aliphatic carbocycles. The van der Waals surface area contributed by atoms with Crippen LogP contribution in [0.25, 0.3) is 0 Å². The third-order valence-electron chi connectivity index (χ3n) is 4.11. The number of hydrogen-bond acceptors (Lipinski definition) is 3. The summed E-state index contributed by atoms with van der Waals surface area (Å²) in [5.74, 6) is -1.07. The molecule has 0 spiro atoms. The lowest BCUT2D eigenvalue weighted by Crippen LogP contribution is -2.36. The molecule has 1 aliphatic rings. The minimum atomic E-state index is -0.858. The van der Waals surface area contributed by atoms with Crippen LogP contribution in [0.1, 0.15) is 24.8 Å². The van der Waals surface area contributed by atoms with E-state index in [9.17, 15) is 14.7 Å². The Balaban J connectivity index is 2.00. The van der Waals surface area contributed by atoms with Crippen LogP contribution in [0.15, 0.2) is 24.3 Å². The second-order valence-corrected chi connectivity index (χ2v) is 5.52. The number of carbonyl (C=O) groups is 2. The molecule has 0 bridgehead atoms. The van der Waals surface area contributed by atoms with E-state index in [2.05, 4.69) is 0 Å². The van der Waals surface area contributed by atoms with Gasteiger partial charge in [0.25, 0.3) is 0 Å². The lowest BCUT2D eigenvalue weighted by molar-refractivity contribution is -0.148. The fourth-order valence-electron chi connectivity index (χ4n) is 2.92. The minimum absolute atomic E-state index is 0.0734. The fraction of sp³-hybridized carbons (Fsp3) is 0.500. The van der Waals surface area contributed by atoms with Crippen molar-refractivity contribution in [1.29, 1.82) is 0 Å². The summed E-state index contributed by atoms with van der Waals surface area (Å²) in [6.45, 7) is 0.478. The van der Waals surface area contributed by atoms with E-state index in [1.54, 1.807) is 19.1 Å².